The van der Waals surface area contributed by atoms with Gasteiger partial charge in [-0.25, -0.2) is 0 Å². The molecule has 1 aromatic rings. The Hall–Kier alpha value is -1.10. The van der Waals surface area contributed by atoms with Crippen LogP contribution in [0.1, 0.15) is 5.56 Å². The molecule has 4 nitrogen and oxygen atoms in total. The smallest absolute Gasteiger partial charge is 0.227 e. The Morgan fingerprint density at radius 2 is 2.11 bits per heavy atom. The van der Waals surface area contributed by atoms with Gasteiger partial charge in [-0.3, -0.25) is 4.79 Å². The van der Waals surface area contributed by atoms with Gasteiger partial charge >= 0.3 is 0 Å². The number of benzene rings is 1. The average Bonchev–Trinajstić information content (AvgIpc) is 2.86. The van der Waals surface area contributed by atoms with Gasteiger partial charge in [0.15, 0.2) is 0 Å². The number of rotatable bonds is 4. The van der Waals surface area contributed by atoms with E-state index < -0.39 is 0 Å². The minimum absolute atomic E-state index is 0.0294. The third-order valence-corrected chi connectivity index (χ3v) is 3.42. The fraction of sp³-hybridized carbons (Fsp3) is 0.462. The average molecular weight is 269 g/mol. The molecule has 98 valence electrons. The van der Waals surface area contributed by atoms with Gasteiger partial charge in [-0.15, -0.1) is 0 Å². The summed E-state index contributed by atoms with van der Waals surface area (Å²) in [5.41, 5.74) is 1.03. The lowest BCUT2D eigenvalue weighted by Gasteiger charge is -2.16. The van der Waals surface area contributed by atoms with Crippen molar-refractivity contribution in [3.05, 3.63) is 34.9 Å². The van der Waals surface area contributed by atoms with Gasteiger partial charge in [0.05, 0.1) is 19.1 Å². The normalized spacial score (nSPS) is 23.0. The highest BCUT2D eigenvalue weighted by Crippen LogP contribution is 2.14. The summed E-state index contributed by atoms with van der Waals surface area (Å²) in [5.74, 6) is -0.0795. The zero-order valence-electron chi connectivity index (χ0n) is 10.3. The molecule has 1 heterocycles. The Morgan fingerprint density at radius 1 is 1.39 bits per heavy atom. The lowest BCUT2D eigenvalue weighted by molar-refractivity contribution is -0.125. The van der Waals surface area contributed by atoms with E-state index in [9.17, 15) is 4.79 Å². The maximum Gasteiger partial charge on any atom is 0.227 e. The first kappa shape index (κ1) is 13.3. The first-order valence-corrected chi connectivity index (χ1v) is 6.35. The van der Waals surface area contributed by atoms with E-state index in [2.05, 4.69) is 10.6 Å². The molecule has 1 saturated heterocycles. The van der Waals surface area contributed by atoms with E-state index in [1.807, 2.05) is 31.3 Å². The van der Waals surface area contributed by atoms with E-state index in [-0.39, 0.29) is 17.9 Å². The lowest BCUT2D eigenvalue weighted by atomic mass is 10.0. The Bertz CT molecular complexity index is 408. The summed E-state index contributed by atoms with van der Waals surface area (Å²) >= 11 is 5.80. The van der Waals surface area contributed by atoms with Crippen LogP contribution in [0.25, 0.3) is 0 Å². The van der Waals surface area contributed by atoms with E-state index in [1.54, 1.807) is 0 Å². The molecule has 0 spiro atoms. The van der Waals surface area contributed by atoms with Crippen LogP contribution in [0.5, 0.6) is 0 Å². The van der Waals surface area contributed by atoms with Crippen LogP contribution in [0.3, 0.4) is 0 Å². The van der Waals surface area contributed by atoms with Crippen LogP contribution in [-0.4, -0.2) is 32.2 Å². The Kier molecular flexibility index (Phi) is 4.58. The lowest BCUT2D eigenvalue weighted by Crippen LogP contribution is -2.42. The number of likely N-dealkylation sites (N-methyl/N-ethyl adjacent to an activating group) is 1. The Morgan fingerprint density at radius 3 is 2.78 bits per heavy atom. The molecule has 1 aliphatic heterocycles. The quantitative estimate of drug-likeness (QED) is 0.863. The number of ether oxygens (including phenoxy) is 1. The number of nitrogens with one attached hydrogen (secondary N) is 2. The van der Waals surface area contributed by atoms with Gasteiger partial charge in [0, 0.05) is 17.6 Å². The van der Waals surface area contributed by atoms with Crippen LogP contribution in [0.2, 0.25) is 5.02 Å². The molecule has 1 aromatic carbocycles. The highest BCUT2D eigenvalue weighted by molar-refractivity contribution is 6.30. The summed E-state index contributed by atoms with van der Waals surface area (Å²) in [5, 5.41) is 6.72. The summed E-state index contributed by atoms with van der Waals surface area (Å²) in [6.45, 7) is 1.59. The van der Waals surface area contributed by atoms with Crippen molar-refractivity contribution in [2.75, 3.05) is 20.3 Å². The predicted molar refractivity (Wildman–Crippen MR) is 70.5 cm³/mol. The predicted octanol–water partition coefficient (Wildman–Crippen LogP) is 1.19. The van der Waals surface area contributed by atoms with Gasteiger partial charge < -0.3 is 15.4 Å². The largest absolute Gasteiger partial charge is 0.379 e. The summed E-state index contributed by atoms with van der Waals surface area (Å²) in [6, 6.07) is 7.55. The molecule has 2 N–H and O–H groups in total. The van der Waals surface area contributed by atoms with Crippen LogP contribution in [0.4, 0.5) is 0 Å². The molecule has 2 rings (SSSR count). The first-order chi connectivity index (χ1) is 8.70. The summed E-state index contributed by atoms with van der Waals surface area (Å²) in [7, 11) is 1.85. The van der Waals surface area contributed by atoms with Gasteiger partial charge in [0.1, 0.15) is 0 Å². The molecule has 0 aromatic heterocycles. The summed E-state index contributed by atoms with van der Waals surface area (Å²) in [6.07, 6.45) is 0. The van der Waals surface area contributed by atoms with Crippen molar-refractivity contribution in [1.82, 2.24) is 10.6 Å². The van der Waals surface area contributed by atoms with E-state index in [4.69, 9.17) is 16.3 Å². The van der Waals surface area contributed by atoms with Crippen LogP contribution < -0.4 is 10.6 Å². The van der Waals surface area contributed by atoms with Crippen molar-refractivity contribution >= 4 is 17.5 Å². The molecule has 2 unspecified atom stereocenters. The number of amides is 1. The van der Waals surface area contributed by atoms with Crippen molar-refractivity contribution < 1.29 is 9.53 Å². The van der Waals surface area contributed by atoms with Gasteiger partial charge in [-0.1, -0.05) is 23.7 Å². The summed E-state index contributed by atoms with van der Waals surface area (Å²) in [4.78, 5) is 12.0. The Balaban J connectivity index is 1.86. The first-order valence-electron chi connectivity index (χ1n) is 5.98. The zero-order chi connectivity index (χ0) is 13.0. The van der Waals surface area contributed by atoms with Gasteiger partial charge in [0.2, 0.25) is 5.91 Å². The van der Waals surface area contributed by atoms with Gasteiger partial charge in [-0.2, -0.15) is 0 Å². The number of carbonyl (C=O) groups excluding carboxylic acids is 1. The van der Waals surface area contributed by atoms with E-state index in [0.717, 1.165) is 5.56 Å². The molecule has 18 heavy (non-hydrogen) atoms. The maximum atomic E-state index is 12.0. The second-order valence-corrected chi connectivity index (χ2v) is 4.82. The molecule has 0 radical (unpaired) electrons. The van der Waals surface area contributed by atoms with Crippen molar-refractivity contribution in [2.45, 2.75) is 12.6 Å². The van der Waals surface area contributed by atoms with Crippen LogP contribution >= 0.6 is 11.6 Å². The highest BCUT2D eigenvalue weighted by Gasteiger charge is 2.32. The zero-order valence-corrected chi connectivity index (χ0v) is 11.0. The monoisotopic (exact) mass is 268 g/mol. The second-order valence-electron chi connectivity index (χ2n) is 4.38. The Labute approximate surface area is 112 Å². The van der Waals surface area contributed by atoms with Crippen molar-refractivity contribution in [1.29, 1.82) is 0 Å². The van der Waals surface area contributed by atoms with Crippen molar-refractivity contribution in [3.63, 3.8) is 0 Å². The molecule has 1 aliphatic rings. The second kappa shape index (κ2) is 6.18. The molecular formula is C13H17ClN2O2. The summed E-state index contributed by atoms with van der Waals surface area (Å²) < 4.78 is 5.31. The van der Waals surface area contributed by atoms with Crippen LogP contribution in [0.15, 0.2) is 24.3 Å². The standard InChI is InChI=1S/C13H17ClN2O2/c1-15-12-8-18-7-11(12)13(17)16-6-9-2-4-10(14)5-3-9/h2-5,11-12,15H,6-8H2,1H3,(H,16,17). The molecule has 1 amide bonds. The van der Waals surface area contributed by atoms with Crippen LogP contribution in [-0.2, 0) is 16.1 Å². The van der Waals surface area contributed by atoms with E-state index in [1.165, 1.54) is 0 Å². The van der Waals surface area contributed by atoms with Crippen molar-refractivity contribution in [3.8, 4) is 0 Å². The van der Waals surface area contributed by atoms with Gasteiger partial charge in [0.25, 0.3) is 0 Å². The number of hydrogen-bond acceptors (Lipinski definition) is 3. The highest BCUT2D eigenvalue weighted by atomic mass is 35.5. The molecule has 0 bridgehead atoms. The fourth-order valence-corrected chi connectivity index (χ4v) is 2.15. The third-order valence-electron chi connectivity index (χ3n) is 3.17. The SMILES string of the molecule is CNC1COCC1C(=O)NCc1ccc(Cl)cc1. The van der Waals surface area contributed by atoms with Crippen LogP contribution in [0, 0.1) is 5.92 Å². The van der Waals surface area contributed by atoms with Gasteiger partial charge in [-0.05, 0) is 24.7 Å². The molecule has 0 saturated carbocycles. The molecular weight excluding hydrogens is 252 g/mol. The number of halogens is 1. The minimum Gasteiger partial charge on any atom is -0.379 e. The van der Waals surface area contributed by atoms with E-state index >= 15 is 0 Å². The maximum absolute atomic E-state index is 12.0. The number of hydrogen-bond donors (Lipinski definition) is 2. The number of carbonyl (C=O) groups is 1. The van der Waals surface area contributed by atoms with Crippen molar-refractivity contribution in [2.24, 2.45) is 5.92 Å². The molecule has 2 atom stereocenters. The topological polar surface area (TPSA) is 50.4 Å². The molecule has 1 fully saturated rings. The van der Waals surface area contributed by atoms with E-state index in [0.29, 0.717) is 24.8 Å². The minimum atomic E-state index is -0.109. The molecule has 5 heteroatoms. The molecule has 0 aliphatic carbocycles. The fourth-order valence-electron chi connectivity index (χ4n) is 2.02. The third kappa shape index (κ3) is 3.22.